The number of rotatable bonds is 9. The van der Waals surface area contributed by atoms with Gasteiger partial charge in [0.15, 0.2) is 6.61 Å². The largest absolute Gasteiger partial charge is 0.508 e. The fraction of sp³-hybridized carbons (Fsp3) is 0.200. The topological polar surface area (TPSA) is 122 Å². The lowest BCUT2D eigenvalue weighted by molar-refractivity contribution is -0.123. The van der Waals surface area contributed by atoms with E-state index in [-0.39, 0.29) is 18.3 Å². The third-order valence-electron chi connectivity index (χ3n) is 5.25. The molecule has 9 nitrogen and oxygen atoms in total. The van der Waals surface area contributed by atoms with Gasteiger partial charge < -0.3 is 24.7 Å². The summed E-state index contributed by atoms with van der Waals surface area (Å²) in [6.07, 6.45) is 6.14. The molecular formula is C25H25N5O4. The summed E-state index contributed by atoms with van der Waals surface area (Å²) in [6.45, 7) is 3.04. The highest BCUT2D eigenvalue weighted by Crippen LogP contribution is 2.26. The Morgan fingerprint density at radius 3 is 2.68 bits per heavy atom. The zero-order valence-electron chi connectivity index (χ0n) is 18.7. The molecule has 0 radical (unpaired) electrons. The smallest absolute Gasteiger partial charge is 0.345 e. The number of ether oxygens (including phenoxy) is 1. The van der Waals surface area contributed by atoms with Crippen molar-refractivity contribution in [1.82, 2.24) is 24.8 Å². The van der Waals surface area contributed by atoms with Crippen LogP contribution in [0, 0.1) is 6.92 Å². The van der Waals surface area contributed by atoms with Crippen LogP contribution in [0.4, 0.5) is 0 Å². The van der Waals surface area contributed by atoms with Gasteiger partial charge in [-0.15, -0.1) is 0 Å². The highest BCUT2D eigenvalue weighted by molar-refractivity contribution is 5.77. The Bertz CT molecular complexity index is 1310. The molecule has 34 heavy (non-hydrogen) atoms. The van der Waals surface area contributed by atoms with Crippen LogP contribution in [0.2, 0.25) is 0 Å². The number of benzene rings is 2. The predicted octanol–water partition coefficient (Wildman–Crippen LogP) is 2.90. The number of phenolic OH excluding ortho intramolecular Hbond substituents is 1. The van der Waals surface area contributed by atoms with Crippen LogP contribution in [-0.4, -0.2) is 43.7 Å². The second kappa shape index (κ2) is 10.5. The van der Waals surface area contributed by atoms with Gasteiger partial charge in [0, 0.05) is 31.0 Å². The number of hydrogen-bond acceptors (Lipinski definition) is 6. The second-order valence-electron chi connectivity index (χ2n) is 7.80. The fourth-order valence-corrected chi connectivity index (χ4v) is 3.41. The van der Waals surface area contributed by atoms with E-state index in [1.807, 2.05) is 10.8 Å². The average molecular weight is 460 g/mol. The van der Waals surface area contributed by atoms with E-state index in [1.165, 1.54) is 0 Å². The molecular weight excluding hydrogens is 434 g/mol. The summed E-state index contributed by atoms with van der Waals surface area (Å²) < 4.78 is 7.52. The second-order valence-corrected chi connectivity index (χ2v) is 7.80. The summed E-state index contributed by atoms with van der Waals surface area (Å²) in [5.74, 6) is 0.540. The normalized spacial score (nSPS) is 10.7. The maximum Gasteiger partial charge on any atom is 0.345 e. The third kappa shape index (κ3) is 5.89. The molecule has 0 spiro atoms. The quantitative estimate of drug-likeness (QED) is 0.331. The number of imidazole rings is 1. The molecule has 0 aliphatic rings. The number of H-pyrrole nitrogens is 1. The summed E-state index contributed by atoms with van der Waals surface area (Å²) in [6, 6.07) is 13.9. The van der Waals surface area contributed by atoms with Crippen LogP contribution >= 0.6 is 0 Å². The van der Waals surface area contributed by atoms with Gasteiger partial charge in [-0.05, 0) is 73.0 Å². The molecule has 0 aliphatic heterocycles. The molecule has 0 fully saturated rings. The molecule has 4 aromatic rings. The molecule has 1 amide bonds. The molecule has 0 atom stereocenters. The lowest BCUT2D eigenvalue weighted by Gasteiger charge is -2.09. The van der Waals surface area contributed by atoms with E-state index >= 15 is 0 Å². The minimum absolute atomic E-state index is 0.0825. The van der Waals surface area contributed by atoms with Crippen molar-refractivity contribution in [3.63, 3.8) is 0 Å². The number of carbonyl (C=O) groups is 1. The van der Waals surface area contributed by atoms with Gasteiger partial charge in [-0.2, -0.15) is 4.98 Å². The monoisotopic (exact) mass is 459 g/mol. The molecule has 0 aliphatic carbocycles. The van der Waals surface area contributed by atoms with Crippen LogP contribution in [0.15, 0.2) is 72.0 Å². The van der Waals surface area contributed by atoms with Gasteiger partial charge in [-0.1, -0.05) is 0 Å². The zero-order chi connectivity index (χ0) is 23.9. The molecule has 174 valence electrons. The first-order valence-electron chi connectivity index (χ1n) is 10.8. The molecule has 0 unspecified atom stereocenters. The van der Waals surface area contributed by atoms with Gasteiger partial charge in [0.1, 0.15) is 11.5 Å². The van der Waals surface area contributed by atoms with Gasteiger partial charge in [0.05, 0.1) is 17.7 Å². The standard InChI is InChI=1S/C25H25N5O4/c1-17-13-19(5-8-23(17)31)22-14-21(28-25(33)29-22)18-3-6-20(7-4-18)34-15-24(32)27-9-2-11-30-12-10-26-16-30/h3-8,10,12-14,16,31H,2,9,11,15H2,1H3,(H,27,32)(H,28,29,33). The Balaban J connectivity index is 1.34. The van der Waals surface area contributed by atoms with Crippen molar-refractivity contribution in [2.24, 2.45) is 0 Å². The van der Waals surface area contributed by atoms with E-state index < -0.39 is 5.69 Å². The van der Waals surface area contributed by atoms with Gasteiger partial charge >= 0.3 is 5.69 Å². The summed E-state index contributed by atoms with van der Waals surface area (Å²) >= 11 is 0. The average Bonchev–Trinajstić information content (AvgIpc) is 3.36. The molecule has 0 saturated carbocycles. The van der Waals surface area contributed by atoms with Crippen LogP contribution < -0.4 is 15.7 Å². The minimum atomic E-state index is -0.469. The maximum absolute atomic E-state index is 12.1. The summed E-state index contributed by atoms with van der Waals surface area (Å²) in [5, 5.41) is 12.6. The van der Waals surface area contributed by atoms with E-state index in [1.54, 1.807) is 68.0 Å². The number of hydrogen-bond donors (Lipinski definition) is 3. The SMILES string of the molecule is Cc1cc(-c2cc(-c3ccc(OCC(=O)NCCCn4ccnc4)cc3)[nH]c(=O)n2)ccc1O. The highest BCUT2D eigenvalue weighted by Gasteiger charge is 2.08. The van der Waals surface area contributed by atoms with Crippen molar-refractivity contribution in [2.75, 3.05) is 13.2 Å². The van der Waals surface area contributed by atoms with Crippen molar-refractivity contribution in [3.05, 3.63) is 83.3 Å². The number of aromatic amines is 1. The molecule has 0 bridgehead atoms. The number of nitrogens with one attached hydrogen (secondary N) is 2. The first-order chi connectivity index (χ1) is 16.5. The van der Waals surface area contributed by atoms with Gasteiger partial charge in [0.2, 0.25) is 0 Å². The van der Waals surface area contributed by atoms with Crippen molar-refractivity contribution in [3.8, 4) is 34.0 Å². The first kappa shape index (κ1) is 22.8. The van der Waals surface area contributed by atoms with Crippen LogP contribution in [-0.2, 0) is 11.3 Å². The van der Waals surface area contributed by atoms with Crippen molar-refractivity contribution < 1.29 is 14.6 Å². The number of aryl methyl sites for hydroxylation is 2. The summed E-state index contributed by atoms with van der Waals surface area (Å²) in [5.41, 5.74) is 2.84. The van der Waals surface area contributed by atoms with E-state index in [4.69, 9.17) is 4.74 Å². The maximum atomic E-state index is 12.1. The van der Waals surface area contributed by atoms with Crippen LogP contribution in [0.3, 0.4) is 0 Å². The Morgan fingerprint density at radius 1 is 1.15 bits per heavy atom. The van der Waals surface area contributed by atoms with Crippen molar-refractivity contribution >= 4 is 5.91 Å². The number of carbonyl (C=O) groups excluding carboxylic acids is 1. The van der Waals surface area contributed by atoms with Gasteiger partial charge in [0.25, 0.3) is 5.91 Å². The Hall–Kier alpha value is -4.40. The molecule has 2 heterocycles. The van der Waals surface area contributed by atoms with Crippen LogP contribution in [0.5, 0.6) is 11.5 Å². The van der Waals surface area contributed by atoms with E-state index in [0.29, 0.717) is 29.2 Å². The number of aromatic hydroxyl groups is 1. The lowest BCUT2D eigenvalue weighted by atomic mass is 10.1. The zero-order valence-corrected chi connectivity index (χ0v) is 18.7. The predicted molar refractivity (Wildman–Crippen MR) is 127 cm³/mol. The molecule has 2 aromatic carbocycles. The lowest BCUT2D eigenvalue weighted by Crippen LogP contribution is -2.30. The Labute approximate surface area is 196 Å². The molecule has 2 aromatic heterocycles. The summed E-state index contributed by atoms with van der Waals surface area (Å²) in [7, 11) is 0. The number of amides is 1. The Morgan fingerprint density at radius 2 is 1.94 bits per heavy atom. The number of nitrogens with zero attached hydrogens (tertiary/aromatic N) is 3. The van der Waals surface area contributed by atoms with Crippen LogP contribution in [0.25, 0.3) is 22.5 Å². The third-order valence-corrected chi connectivity index (χ3v) is 5.25. The van der Waals surface area contributed by atoms with E-state index in [9.17, 15) is 14.7 Å². The molecule has 0 saturated heterocycles. The first-order valence-corrected chi connectivity index (χ1v) is 10.8. The Kier molecular flexibility index (Phi) is 7.02. The van der Waals surface area contributed by atoms with Crippen molar-refractivity contribution in [1.29, 1.82) is 0 Å². The van der Waals surface area contributed by atoms with E-state index in [0.717, 1.165) is 24.1 Å². The van der Waals surface area contributed by atoms with Gasteiger partial charge in [-0.25, -0.2) is 9.78 Å². The summed E-state index contributed by atoms with van der Waals surface area (Å²) in [4.78, 5) is 34.9. The minimum Gasteiger partial charge on any atom is -0.508 e. The number of aromatic nitrogens is 4. The van der Waals surface area contributed by atoms with Crippen LogP contribution in [0.1, 0.15) is 12.0 Å². The highest BCUT2D eigenvalue weighted by atomic mass is 16.5. The molecule has 9 heteroatoms. The van der Waals surface area contributed by atoms with Gasteiger partial charge in [-0.3, -0.25) is 4.79 Å². The van der Waals surface area contributed by atoms with Crippen molar-refractivity contribution in [2.45, 2.75) is 19.9 Å². The molecule has 3 N–H and O–H groups in total. The molecule has 4 rings (SSSR count). The van der Waals surface area contributed by atoms with E-state index in [2.05, 4.69) is 20.3 Å². The fourth-order valence-electron chi connectivity index (χ4n) is 3.41. The number of phenols is 1.